The van der Waals surface area contributed by atoms with E-state index in [1.54, 1.807) is 6.33 Å². The quantitative estimate of drug-likeness (QED) is 0.657. The van der Waals surface area contributed by atoms with Gasteiger partial charge in [-0.2, -0.15) is 0 Å². The summed E-state index contributed by atoms with van der Waals surface area (Å²) in [5.74, 6) is 1.65. The number of aryl methyl sites for hydroxylation is 2. The Balaban J connectivity index is 1.29. The van der Waals surface area contributed by atoms with Crippen LogP contribution in [0.15, 0.2) is 29.0 Å². The number of piperazine rings is 1. The minimum absolute atomic E-state index is 0.310. The van der Waals surface area contributed by atoms with Crippen molar-refractivity contribution in [3.63, 3.8) is 0 Å². The normalized spacial score (nSPS) is 18.2. The van der Waals surface area contributed by atoms with Gasteiger partial charge in [0.1, 0.15) is 18.2 Å². The van der Waals surface area contributed by atoms with Crippen LogP contribution in [-0.2, 0) is 6.54 Å². The monoisotopic (exact) mass is 393 g/mol. The van der Waals surface area contributed by atoms with E-state index in [1.165, 1.54) is 17.7 Å². The van der Waals surface area contributed by atoms with Gasteiger partial charge in [-0.25, -0.2) is 9.97 Å². The van der Waals surface area contributed by atoms with Crippen molar-refractivity contribution in [3.05, 3.63) is 41.5 Å². The summed E-state index contributed by atoms with van der Waals surface area (Å²) in [5, 5.41) is 5.09. The number of benzene rings is 1. The van der Waals surface area contributed by atoms with Crippen LogP contribution in [-0.4, -0.2) is 52.3 Å². The molecule has 0 unspecified atom stereocenters. The largest absolute Gasteiger partial charge is 0.474 e. The van der Waals surface area contributed by atoms with Crippen molar-refractivity contribution in [1.29, 1.82) is 0 Å². The van der Waals surface area contributed by atoms with Crippen LogP contribution in [0.2, 0.25) is 0 Å². The number of nitrogens with zero attached hydrogens (tertiary/aromatic N) is 5. The molecule has 152 valence electrons. The van der Waals surface area contributed by atoms with E-state index in [1.807, 2.05) is 13.8 Å². The number of ether oxygens (including phenoxy) is 1. The lowest BCUT2D eigenvalue weighted by atomic mass is 9.96. The fourth-order valence-electron chi connectivity index (χ4n) is 4.07. The summed E-state index contributed by atoms with van der Waals surface area (Å²) in [6, 6.07) is 6.43. The van der Waals surface area contributed by atoms with Gasteiger partial charge in [0.05, 0.1) is 16.6 Å². The maximum Gasteiger partial charge on any atom is 0.224 e. The highest BCUT2D eigenvalue weighted by atomic mass is 16.5. The van der Waals surface area contributed by atoms with Crippen LogP contribution in [0.4, 0.5) is 5.69 Å². The lowest BCUT2D eigenvalue weighted by Crippen LogP contribution is -2.46. The average Bonchev–Trinajstić information content (AvgIpc) is 3.03. The van der Waals surface area contributed by atoms with Crippen molar-refractivity contribution in [2.45, 2.75) is 45.8 Å². The maximum absolute atomic E-state index is 6.11. The SMILES string of the molecule is Cc1noc(C)c1CN1CCN(c2ccc3ncnc(OC4CCC4)c3c2)CC1. The van der Waals surface area contributed by atoms with Gasteiger partial charge in [0, 0.05) is 44.0 Å². The van der Waals surface area contributed by atoms with Crippen LogP contribution < -0.4 is 9.64 Å². The third kappa shape index (κ3) is 3.67. The van der Waals surface area contributed by atoms with Gasteiger partial charge in [0.25, 0.3) is 0 Å². The lowest BCUT2D eigenvalue weighted by Gasteiger charge is -2.36. The first-order valence-electron chi connectivity index (χ1n) is 10.5. The topological polar surface area (TPSA) is 67.5 Å². The number of hydrogen-bond acceptors (Lipinski definition) is 7. The Kier molecular flexibility index (Phi) is 4.83. The van der Waals surface area contributed by atoms with Crippen molar-refractivity contribution in [2.75, 3.05) is 31.1 Å². The van der Waals surface area contributed by atoms with E-state index in [4.69, 9.17) is 9.26 Å². The molecule has 0 amide bonds. The summed E-state index contributed by atoms with van der Waals surface area (Å²) in [6.45, 7) is 8.91. The molecular weight excluding hydrogens is 366 g/mol. The van der Waals surface area contributed by atoms with Crippen LogP contribution >= 0.6 is 0 Å². The summed E-state index contributed by atoms with van der Waals surface area (Å²) in [5.41, 5.74) is 4.37. The number of aromatic nitrogens is 3. The molecular formula is C22H27N5O2. The number of hydrogen-bond donors (Lipinski definition) is 0. The van der Waals surface area contributed by atoms with E-state index in [2.05, 4.69) is 43.1 Å². The highest BCUT2D eigenvalue weighted by molar-refractivity contribution is 5.86. The van der Waals surface area contributed by atoms with E-state index >= 15 is 0 Å². The molecule has 0 N–H and O–H groups in total. The van der Waals surface area contributed by atoms with Gasteiger partial charge >= 0.3 is 0 Å². The minimum atomic E-state index is 0.310. The van der Waals surface area contributed by atoms with Crippen molar-refractivity contribution < 1.29 is 9.26 Å². The summed E-state index contributed by atoms with van der Waals surface area (Å²) in [6.07, 6.45) is 5.40. The van der Waals surface area contributed by atoms with Crippen molar-refractivity contribution >= 4 is 16.6 Å². The molecule has 1 aliphatic heterocycles. The Morgan fingerprint density at radius 2 is 1.93 bits per heavy atom. The van der Waals surface area contributed by atoms with Gasteiger partial charge < -0.3 is 14.2 Å². The number of anilines is 1. The molecule has 29 heavy (non-hydrogen) atoms. The van der Waals surface area contributed by atoms with Crippen LogP contribution in [0.1, 0.15) is 36.3 Å². The molecule has 2 aliphatic rings. The van der Waals surface area contributed by atoms with Gasteiger partial charge in [-0.15, -0.1) is 0 Å². The molecule has 2 aromatic heterocycles. The van der Waals surface area contributed by atoms with Gasteiger partial charge in [-0.3, -0.25) is 4.90 Å². The van der Waals surface area contributed by atoms with Crippen molar-refractivity contribution in [2.24, 2.45) is 0 Å². The zero-order valence-corrected chi connectivity index (χ0v) is 17.1. The zero-order chi connectivity index (χ0) is 19.8. The first-order valence-corrected chi connectivity index (χ1v) is 10.5. The molecule has 1 aliphatic carbocycles. The van der Waals surface area contributed by atoms with Gasteiger partial charge in [-0.1, -0.05) is 5.16 Å². The van der Waals surface area contributed by atoms with Crippen molar-refractivity contribution in [3.8, 4) is 5.88 Å². The molecule has 1 saturated carbocycles. The minimum Gasteiger partial charge on any atom is -0.474 e. The summed E-state index contributed by atoms with van der Waals surface area (Å²) in [7, 11) is 0. The summed E-state index contributed by atoms with van der Waals surface area (Å²) < 4.78 is 11.4. The van der Waals surface area contributed by atoms with Gasteiger partial charge in [-0.05, 0) is 51.3 Å². The zero-order valence-electron chi connectivity index (χ0n) is 17.1. The third-order valence-electron chi connectivity index (χ3n) is 6.21. The predicted octanol–water partition coefficient (Wildman–Crippen LogP) is 3.49. The second-order valence-corrected chi connectivity index (χ2v) is 8.12. The molecule has 3 aromatic rings. The second-order valence-electron chi connectivity index (χ2n) is 8.12. The van der Waals surface area contributed by atoms with E-state index in [-0.39, 0.29) is 0 Å². The Morgan fingerprint density at radius 3 is 2.62 bits per heavy atom. The summed E-state index contributed by atoms with van der Waals surface area (Å²) >= 11 is 0. The molecule has 0 spiro atoms. The standard InChI is InChI=1S/C22H27N5O2/c1-15-20(16(2)29-25-15)13-26-8-10-27(11-9-26)17-6-7-21-19(12-17)22(24-14-23-21)28-18-4-3-5-18/h6-7,12,14,18H,3-5,8-11,13H2,1-2H3. The first-order chi connectivity index (χ1) is 14.2. The molecule has 1 saturated heterocycles. The molecule has 0 radical (unpaired) electrons. The van der Waals surface area contributed by atoms with E-state index in [9.17, 15) is 0 Å². The Hall–Kier alpha value is -2.67. The van der Waals surface area contributed by atoms with Gasteiger partial charge in [0.2, 0.25) is 5.88 Å². The van der Waals surface area contributed by atoms with Crippen LogP contribution in [0.5, 0.6) is 5.88 Å². The van der Waals surface area contributed by atoms with E-state index in [0.29, 0.717) is 6.10 Å². The Bertz CT molecular complexity index is 986. The molecule has 1 aromatic carbocycles. The van der Waals surface area contributed by atoms with Gasteiger partial charge in [0.15, 0.2) is 0 Å². The molecule has 3 heterocycles. The number of rotatable bonds is 5. The van der Waals surface area contributed by atoms with Crippen LogP contribution in [0.25, 0.3) is 10.9 Å². The van der Waals surface area contributed by atoms with Crippen molar-refractivity contribution in [1.82, 2.24) is 20.0 Å². The Labute approximate surface area is 170 Å². The van der Waals surface area contributed by atoms with Crippen LogP contribution in [0.3, 0.4) is 0 Å². The fourth-order valence-corrected chi connectivity index (χ4v) is 4.07. The molecule has 7 heteroatoms. The maximum atomic E-state index is 6.11. The van der Waals surface area contributed by atoms with E-state index < -0.39 is 0 Å². The fraction of sp³-hybridized carbons (Fsp3) is 0.500. The molecule has 2 fully saturated rings. The molecule has 0 bridgehead atoms. The lowest BCUT2D eigenvalue weighted by molar-refractivity contribution is 0.116. The second kappa shape index (κ2) is 7.63. The molecule has 0 atom stereocenters. The van der Waals surface area contributed by atoms with E-state index in [0.717, 1.165) is 73.8 Å². The predicted molar refractivity (Wildman–Crippen MR) is 111 cm³/mol. The Morgan fingerprint density at radius 1 is 1.10 bits per heavy atom. The van der Waals surface area contributed by atoms with Crippen LogP contribution in [0, 0.1) is 13.8 Å². The third-order valence-corrected chi connectivity index (χ3v) is 6.21. The highest BCUT2D eigenvalue weighted by Crippen LogP contribution is 2.31. The first kappa shape index (κ1) is 18.4. The smallest absolute Gasteiger partial charge is 0.224 e. The summed E-state index contributed by atoms with van der Waals surface area (Å²) in [4.78, 5) is 13.7. The average molecular weight is 393 g/mol. The number of fused-ring (bicyclic) bond motifs is 1. The molecule has 7 nitrogen and oxygen atoms in total. The molecule has 5 rings (SSSR count). The highest BCUT2D eigenvalue weighted by Gasteiger charge is 2.23.